The number of likely N-dealkylation sites (tertiary alicyclic amines) is 1. The summed E-state index contributed by atoms with van der Waals surface area (Å²) in [6, 6.07) is 5.63. The molecule has 0 radical (unpaired) electrons. The van der Waals surface area contributed by atoms with Gasteiger partial charge in [-0.05, 0) is 43.7 Å². The first-order chi connectivity index (χ1) is 10.6. The van der Waals surface area contributed by atoms with Crippen molar-refractivity contribution in [1.82, 2.24) is 10.2 Å². The summed E-state index contributed by atoms with van der Waals surface area (Å²) in [5.74, 6) is -0.312. The fourth-order valence-electron chi connectivity index (χ4n) is 2.55. The maximum atomic E-state index is 12.8. The van der Waals surface area contributed by atoms with Crippen LogP contribution in [0.3, 0.4) is 0 Å². The molecule has 1 aromatic carbocycles. The Morgan fingerprint density at radius 1 is 1.36 bits per heavy atom. The average molecular weight is 308 g/mol. The molecule has 1 atom stereocenters. The van der Waals surface area contributed by atoms with Gasteiger partial charge in [0.25, 0.3) is 0 Å². The maximum absolute atomic E-state index is 12.8. The molecule has 1 saturated heterocycles. The SMILES string of the molecule is CNC(=O)O[C@H]1CCN(CCCC(=O)c2ccc(F)cc2)C1. The standard InChI is InChI=1S/C16H21FN2O3/c1-18-16(21)22-14-8-10-19(11-14)9-2-3-15(20)12-4-6-13(17)7-5-12/h4-7,14H,2-3,8-11H2,1H3,(H,18,21)/t14-/m0/s1. The Morgan fingerprint density at radius 2 is 2.09 bits per heavy atom. The highest BCUT2D eigenvalue weighted by Crippen LogP contribution is 2.14. The van der Waals surface area contributed by atoms with Crippen LogP contribution in [0.4, 0.5) is 9.18 Å². The topological polar surface area (TPSA) is 58.6 Å². The molecule has 22 heavy (non-hydrogen) atoms. The van der Waals surface area contributed by atoms with Crippen molar-refractivity contribution >= 4 is 11.9 Å². The first-order valence-corrected chi connectivity index (χ1v) is 7.48. The number of benzene rings is 1. The fraction of sp³-hybridized carbons (Fsp3) is 0.500. The van der Waals surface area contributed by atoms with Gasteiger partial charge in [0.05, 0.1) is 0 Å². The van der Waals surface area contributed by atoms with Gasteiger partial charge in [-0.3, -0.25) is 9.69 Å². The number of carbonyl (C=O) groups is 2. The lowest BCUT2D eigenvalue weighted by Gasteiger charge is -2.15. The first-order valence-electron chi connectivity index (χ1n) is 7.48. The lowest BCUT2D eigenvalue weighted by atomic mass is 10.1. The van der Waals surface area contributed by atoms with E-state index in [1.807, 2.05) is 0 Å². The second-order valence-electron chi connectivity index (χ2n) is 5.40. The molecule has 120 valence electrons. The second kappa shape index (κ2) is 7.89. The monoisotopic (exact) mass is 308 g/mol. The van der Waals surface area contributed by atoms with Crippen molar-refractivity contribution in [2.24, 2.45) is 0 Å². The van der Waals surface area contributed by atoms with E-state index in [1.54, 1.807) is 0 Å². The Morgan fingerprint density at radius 3 is 2.77 bits per heavy atom. The van der Waals surface area contributed by atoms with E-state index in [0.717, 1.165) is 25.9 Å². The van der Waals surface area contributed by atoms with E-state index in [2.05, 4.69) is 10.2 Å². The van der Waals surface area contributed by atoms with Gasteiger partial charge in [0.1, 0.15) is 11.9 Å². The number of rotatable bonds is 6. The Labute approximate surface area is 129 Å². The van der Waals surface area contributed by atoms with Crippen molar-refractivity contribution in [3.8, 4) is 0 Å². The summed E-state index contributed by atoms with van der Waals surface area (Å²) >= 11 is 0. The summed E-state index contributed by atoms with van der Waals surface area (Å²) in [6.45, 7) is 2.37. The number of nitrogens with one attached hydrogen (secondary N) is 1. The number of hydrogen-bond acceptors (Lipinski definition) is 4. The Balaban J connectivity index is 1.68. The van der Waals surface area contributed by atoms with E-state index in [9.17, 15) is 14.0 Å². The van der Waals surface area contributed by atoms with Gasteiger partial charge in [-0.1, -0.05) is 0 Å². The summed E-state index contributed by atoms with van der Waals surface area (Å²) in [4.78, 5) is 25.3. The Kier molecular flexibility index (Phi) is 5.89. The van der Waals surface area contributed by atoms with E-state index in [4.69, 9.17) is 4.74 Å². The third kappa shape index (κ3) is 4.80. The molecule has 0 aliphatic carbocycles. The van der Waals surface area contributed by atoms with Crippen molar-refractivity contribution < 1.29 is 18.7 Å². The fourth-order valence-corrected chi connectivity index (χ4v) is 2.55. The van der Waals surface area contributed by atoms with Crippen LogP contribution in [0.5, 0.6) is 0 Å². The van der Waals surface area contributed by atoms with E-state index >= 15 is 0 Å². The molecule has 2 rings (SSSR count). The Bertz CT molecular complexity index is 519. The van der Waals surface area contributed by atoms with Crippen LogP contribution in [0.2, 0.25) is 0 Å². The maximum Gasteiger partial charge on any atom is 0.407 e. The van der Waals surface area contributed by atoms with Gasteiger partial charge in [-0.25, -0.2) is 9.18 Å². The molecule has 1 aromatic rings. The molecular formula is C16H21FN2O3. The molecule has 0 aromatic heterocycles. The van der Waals surface area contributed by atoms with E-state index in [0.29, 0.717) is 18.5 Å². The highest BCUT2D eigenvalue weighted by molar-refractivity contribution is 5.95. The molecule has 0 unspecified atom stereocenters. The summed E-state index contributed by atoms with van der Waals surface area (Å²) < 4.78 is 18.0. The van der Waals surface area contributed by atoms with Gasteiger partial charge >= 0.3 is 6.09 Å². The molecular weight excluding hydrogens is 287 g/mol. The van der Waals surface area contributed by atoms with Gasteiger partial charge in [0.15, 0.2) is 5.78 Å². The minimum atomic E-state index is -0.404. The number of nitrogens with zero attached hydrogens (tertiary/aromatic N) is 1. The predicted molar refractivity (Wildman–Crippen MR) is 80.4 cm³/mol. The molecule has 0 saturated carbocycles. The van der Waals surface area contributed by atoms with E-state index in [1.165, 1.54) is 31.3 Å². The average Bonchev–Trinajstić information content (AvgIpc) is 2.95. The third-order valence-electron chi connectivity index (χ3n) is 3.75. The van der Waals surface area contributed by atoms with Gasteiger partial charge < -0.3 is 10.1 Å². The number of hydrogen-bond donors (Lipinski definition) is 1. The zero-order valence-electron chi connectivity index (χ0n) is 12.7. The summed E-state index contributed by atoms with van der Waals surface area (Å²) in [7, 11) is 1.54. The Hall–Kier alpha value is -1.95. The van der Waals surface area contributed by atoms with Gasteiger partial charge in [0, 0.05) is 32.1 Å². The zero-order chi connectivity index (χ0) is 15.9. The van der Waals surface area contributed by atoms with Crippen molar-refractivity contribution in [3.05, 3.63) is 35.6 Å². The normalized spacial score (nSPS) is 18.2. The van der Waals surface area contributed by atoms with E-state index < -0.39 is 6.09 Å². The van der Waals surface area contributed by atoms with Crippen LogP contribution in [-0.4, -0.2) is 49.6 Å². The van der Waals surface area contributed by atoms with Crippen LogP contribution in [-0.2, 0) is 4.74 Å². The molecule has 1 heterocycles. The van der Waals surface area contributed by atoms with Crippen LogP contribution in [0.25, 0.3) is 0 Å². The zero-order valence-corrected chi connectivity index (χ0v) is 12.7. The number of carbonyl (C=O) groups excluding carboxylic acids is 2. The molecule has 1 fully saturated rings. The van der Waals surface area contributed by atoms with Crippen LogP contribution in [0.1, 0.15) is 29.6 Å². The van der Waals surface area contributed by atoms with E-state index in [-0.39, 0.29) is 17.7 Å². The van der Waals surface area contributed by atoms with Crippen molar-refractivity contribution in [2.45, 2.75) is 25.4 Å². The highest BCUT2D eigenvalue weighted by atomic mass is 19.1. The van der Waals surface area contributed by atoms with Crippen LogP contribution in [0, 0.1) is 5.82 Å². The van der Waals surface area contributed by atoms with Crippen LogP contribution >= 0.6 is 0 Å². The van der Waals surface area contributed by atoms with Gasteiger partial charge in [0.2, 0.25) is 0 Å². The summed E-state index contributed by atoms with van der Waals surface area (Å²) in [5, 5.41) is 2.44. The van der Waals surface area contributed by atoms with Crippen molar-refractivity contribution in [2.75, 3.05) is 26.7 Å². The lowest BCUT2D eigenvalue weighted by Crippen LogP contribution is -2.29. The summed E-state index contributed by atoms with van der Waals surface area (Å²) in [6.07, 6.45) is 1.51. The van der Waals surface area contributed by atoms with Crippen LogP contribution < -0.4 is 5.32 Å². The number of Topliss-reactive ketones (excluding diaryl/α,β-unsaturated/α-hetero) is 1. The second-order valence-corrected chi connectivity index (χ2v) is 5.40. The van der Waals surface area contributed by atoms with Gasteiger partial charge in [-0.15, -0.1) is 0 Å². The minimum Gasteiger partial charge on any atom is -0.445 e. The molecule has 6 heteroatoms. The molecule has 1 amide bonds. The first kappa shape index (κ1) is 16.4. The molecule has 5 nitrogen and oxygen atoms in total. The number of halogens is 1. The highest BCUT2D eigenvalue weighted by Gasteiger charge is 2.25. The third-order valence-corrected chi connectivity index (χ3v) is 3.75. The van der Waals surface area contributed by atoms with Gasteiger partial charge in [-0.2, -0.15) is 0 Å². The summed E-state index contributed by atoms with van der Waals surface area (Å²) in [5.41, 5.74) is 0.545. The predicted octanol–water partition coefficient (Wildman–Crippen LogP) is 2.22. The number of ether oxygens (including phenoxy) is 1. The molecule has 0 spiro atoms. The smallest absolute Gasteiger partial charge is 0.407 e. The quantitative estimate of drug-likeness (QED) is 0.819. The number of ketones is 1. The molecule has 1 aliphatic heterocycles. The largest absolute Gasteiger partial charge is 0.445 e. The molecule has 0 bridgehead atoms. The molecule has 1 N–H and O–H groups in total. The number of alkyl carbamates (subject to hydrolysis) is 1. The van der Waals surface area contributed by atoms with Crippen molar-refractivity contribution in [3.63, 3.8) is 0 Å². The molecule has 1 aliphatic rings. The van der Waals surface area contributed by atoms with Crippen LogP contribution in [0.15, 0.2) is 24.3 Å². The minimum absolute atomic E-state index is 0.0253. The van der Waals surface area contributed by atoms with Crippen molar-refractivity contribution in [1.29, 1.82) is 0 Å². The number of amides is 1. The lowest BCUT2D eigenvalue weighted by molar-refractivity contribution is 0.0970.